The van der Waals surface area contributed by atoms with Gasteiger partial charge in [0, 0.05) is 31.2 Å². The first kappa shape index (κ1) is 13.8. The molecule has 1 aromatic rings. The maximum absolute atomic E-state index is 9.11. The van der Waals surface area contributed by atoms with Crippen LogP contribution in [0.3, 0.4) is 0 Å². The smallest absolute Gasteiger partial charge is 0.0933 e. The summed E-state index contributed by atoms with van der Waals surface area (Å²) in [6.45, 7) is 3.62. The number of aliphatic hydroxyl groups excluding tert-OH is 1. The maximum atomic E-state index is 9.11. The fraction of sp³-hybridized carbons (Fsp3) is 0.538. The van der Waals surface area contributed by atoms with E-state index in [1.165, 1.54) is 0 Å². The predicted octanol–water partition coefficient (Wildman–Crippen LogP) is 0.992. The summed E-state index contributed by atoms with van der Waals surface area (Å²) in [6.07, 6.45) is -0.0826. The Bertz CT molecular complexity index is 401. The number of rotatable bonds is 4. The Morgan fingerprint density at radius 2 is 2.33 bits per heavy atom. The molecule has 5 heteroatoms. The molecule has 1 aliphatic rings. The molecule has 0 aromatic heterocycles. The van der Waals surface area contributed by atoms with Crippen LogP contribution in [0, 0.1) is 0 Å². The van der Waals surface area contributed by atoms with E-state index in [-0.39, 0.29) is 12.7 Å². The number of nitrogens with zero attached hydrogens (tertiary/aromatic N) is 1. The number of halogens is 1. The molecule has 0 saturated carbocycles. The molecule has 1 unspecified atom stereocenters. The standard InChI is InChI=1S/C13H19ClN2O2/c14-13-5-10(6-15)1-2-11(13)7-16-3-4-18-12(8-16)9-17/h1-2,5,12,17H,3-4,6-9,15H2. The fourth-order valence-corrected chi connectivity index (χ4v) is 2.38. The van der Waals surface area contributed by atoms with Crippen molar-refractivity contribution in [3.05, 3.63) is 34.3 Å². The lowest BCUT2D eigenvalue weighted by atomic mass is 10.1. The Labute approximate surface area is 112 Å². The first-order chi connectivity index (χ1) is 8.72. The summed E-state index contributed by atoms with van der Waals surface area (Å²) in [7, 11) is 0. The lowest BCUT2D eigenvalue weighted by Crippen LogP contribution is -2.43. The molecule has 1 saturated heterocycles. The van der Waals surface area contributed by atoms with E-state index in [1.807, 2.05) is 18.2 Å². The van der Waals surface area contributed by atoms with Gasteiger partial charge < -0.3 is 15.6 Å². The van der Waals surface area contributed by atoms with Crippen LogP contribution in [0.25, 0.3) is 0 Å². The van der Waals surface area contributed by atoms with E-state index in [2.05, 4.69) is 4.90 Å². The van der Waals surface area contributed by atoms with Crippen molar-refractivity contribution < 1.29 is 9.84 Å². The summed E-state index contributed by atoms with van der Waals surface area (Å²) in [6, 6.07) is 5.94. The molecule has 1 fully saturated rings. The summed E-state index contributed by atoms with van der Waals surface area (Å²) in [5.74, 6) is 0. The SMILES string of the molecule is NCc1ccc(CN2CCOC(CO)C2)c(Cl)c1. The molecular formula is C13H19ClN2O2. The molecule has 2 rings (SSSR count). The highest BCUT2D eigenvalue weighted by molar-refractivity contribution is 6.31. The van der Waals surface area contributed by atoms with Gasteiger partial charge in [-0.15, -0.1) is 0 Å². The second kappa shape index (κ2) is 6.50. The van der Waals surface area contributed by atoms with E-state index >= 15 is 0 Å². The van der Waals surface area contributed by atoms with Crippen LogP contribution in [0.1, 0.15) is 11.1 Å². The molecule has 0 bridgehead atoms. The average Bonchev–Trinajstić information content (AvgIpc) is 2.41. The van der Waals surface area contributed by atoms with Gasteiger partial charge in [0.2, 0.25) is 0 Å². The van der Waals surface area contributed by atoms with Gasteiger partial charge in [0.05, 0.1) is 19.3 Å². The van der Waals surface area contributed by atoms with Gasteiger partial charge >= 0.3 is 0 Å². The average molecular weight is 271 g/mol. The monoisotopic (exact) mass is 270 g/mol. The van der Waals surface area contributed by atoms with Gasteiger partial charge in [0.25, 0.3) is 0 Å². The van der Waals surface area contributed by atoms with Crippen LogP contribution in [0.5, 0.6) is 0 Å². The summed E-state index contributed by atoms with van der Waals surface area (Å²) in [5.41, 5.74) is 7.71. The number of aliphatic hydroxyl groups is 1. The minimum Gasteiger partial charge on any atom is -0.394 e. The van der Waals surface area contributed by atoms with E-state index in [9.17, 15) is 0 Å². The molecule has 1 atom stereocenters. The lowest BCUT2D eigenvalue weighted by Gasteiger charge is -2.32. The Balaban J connectivity index is 2.00. The van der Waals surface area contributed by atoms with Crippen molar-refractivity contribution in [3.63, 3.8) is 0 Å². The van der Waals surface area contributed by atoms with Crippen LogP contribution >= 0.6 is 11.6 Å². The summed E-state index contributed by atoms with van der Waals surface area (Å²) in [5, 5.41) is 9.86. The van der Waals surface area contributed by atoms with Crippen molar-refractivity contribution in [1.29, 1.82) is 0 Å². The molecule has 100 valence electrons. The fourth-order valence-electron chi connectivity index (χ4n) is 2.12. The molecule has 4 nitrogen and oxygen atoms in total. The topological polar surface area (TPSA) is 58.7 Å². The maximum Gasteiger partial charge on any atom is 0.0933 e. The third-order valence-corrected chi connectivity index (χ3v) is 3.53. The molecule has 1 aliphatic heterocycles. The molecular weight excluding hydrogens is 252 g/mol. The van der Waals surface area contributed by atoms with Gasteiger partial charge in [0.15, 0.2) is 0 Å². The minimum absolute atomic E-state index is 0.0658. The van der Waals surface area contributed by atoms with Gasteiger partial charge in [-0.05, 0) is 17.2 Å². The van der Waals surface area contributed by atoms with Gasteiger partial charge in [-0.25, -0.2) is 0 Å². The lowest BCUT2D eigenvalue weighted by molar-refractivity contribution is -0.0550. The molecule has 0 spiro atoms. The molecule has 3 N–H and O–H groups in total. The second-order valence-electron chi connectivity index (χ2n) is 4.54. The van der Waals surface area contributed by atoms with Gasteiger partial charge in [-0.3, -0.25) is 4.90 Å². The van der Waals surface area contributed by atoms with Gasteiger partial charge in [0.1, 0.15) is 0 Å². The zero-order chi connectivity index (χ0) is 13.0. The second-order valence-corrected chi connectivity index (χ2v) is 4.95. The van der Waals surface area contributed by atoms with E-state index in [4.69, 9.17) is 27.2 Å². The zero-order valence-electron chi connectivity index (χ0n) is 10.3. The minimum atomic E-state index is -0.0826. The Morgan fingerprint density at radius 3 is 3.00 bits per heavy atom. The molecule has 0 aliphatic carbocycles. The number of hydrogen-bond donors (Lipinski definition) is 2. The van der Waals surface area contributed by atoms with Crippen molar-refractivity contribution in [1.82, 2.24) is 4.90 Å². The van der Waals surface area contributed by atoms with Crippen molar-refractivity contribution in [2.75, 3.05) is 26.3 Å². The molecule has 1 heterocycles. The van der Waals surface area contributed by atoms with Crippen LogP contribution in [-0.4, -0.2) is 42.4 Å². The largest absolute Gasteiger partial charge is 0.394 e. The number of hydrogen-bond acceptors (Lipinski definition) is 4. The number of nitrogens with two attached hydrogens (primary N) is 1. The van der Waals surface area contributed by atoms with Crippen LogP contribution in [0.4, 0.5) is 0 Å². The quantitative estimate of drug-likeness (QED) is 0.857. The number of ether oxygens (including phenoxy) is 1. The highest BCUT2D eigenvalue weighted by Gasteiger charge is 2.20. The van der Waals surface area contributed by atoms with E-state index in [1.54, 1.807) is 0 Å². The highest BCUT2D eigenvalue weighted by atomic mass is 35.5. The van der Waals surface area contributed by atoms with Gasteiger partial charge in [-0.2, -0.15) is 0 Å². The zero-order valence-corrected chi connectivity index (χ0v) is 11.1. The van der Waals surface area contributed by atoms with Gasteiger partial charge in [-0.1, -0.05) is 23.7 Å². The van der Waals surface area contributed by atoms with Crippen LogP contribution in [0.15, 0.2) is 18.2 Å². The molecule has 0 radical (unpaired) electrons. The molecule has 18 heavy (non-hydrogen) atoms. The third kappa shape index (κ3) is 3.43. The van der Waals surface area contributed by atoms with Crippen LogP contribution < -0.4 is 5.73 Å². The Kier molecular flexibility index (Phi) is 4.97. The summed E-state index contributed by atoms with van der Waals surface area (Å²) in [4.78, 5) is 2.24. The number of morpholine rings is 1. The first-order valence-corrected chi connectivity index (χ1v) is 6.53. The van der Waals surface area contributed by atoms with E-state index in [0.29, 0.717) is 13.2 Å². The van der Waals surface area contributed by atoms with Crippen molar-refractivity contribution in [2.45, 2.75) is 19.2 Å². The van der Waals surface area contributed by atoms with Crippen LogP contribution in [0.2, 0.25) is 5.02 Å². The highest BCUT2D eigenvalue weighted by Crippen LogP contribution is 2.20. The molecule has 1 aromatic carbocycles. The van der Waals surface area contributed by atoms with Crippen molar-refractivity contribution >= 4 is 11.6 Å². The Morgan fingerprint density at radius 1 is 1.50 bits per heavy atom. The van der Waals surface area contributed by atoms with Crippen LogP contribution in [-0.2, 0) is 17.8 Å². The summed E-state index contributed by atoms with van der Waals surface area (Å²) >= 11 is 6.23. The van der Waals surface area contributed by atoms with Crippen molar-refractivity contribution in [2.24, 2.45) is 5.73 Å². The van der Waals surface area contributed by atoms with E-state index in [0.717, 1.165) is 35.8 Å². The van der Waals surface area contributed by atoms with Crippen molar-refractivity contribution in [3.8, 4) is 0 Å². The normalized spacial score (nSPS) is 21.2. The van der Waals surface area contributed by atoms with E-state index < -0.39 is 0 Å². The summed E-state index contributed by atoms with van der Waals surface area (Å²) < 4.78 is 5.42. The third-order valence-electron chi connectivity index (χ3n) is 3.17. The first-order valence-electron chi connectivity index (χ1n) is 6.15. The number of benzene rings is 1. The molecule has 0 amide bonds. The Hall–Kier alpha value is -0.650. The predicted molar refractivity (Wildman–Crippen MR) is 71.4 cm³/mol.